The lowest BCUT2D eigenvalue weighted by atomic mass is 10.1. The van der Waals surface area contributed by atoms with Gasteiger partial charge in [-0.3, -0.25) is 0 Å². The van der Waals surface area contributed by atoms with Crippen molar-refractivity contribution in [2.24, 2.45) is 0 Å². The van der Waals surface area contributed by atoms with Crippen LogP contribution in [0.5, 0.6) is 0 Å². The van der Waals surface area contributed by atoms with Gasteiger partial charge in [-0.05, 0) is 49.7 Å². The number of rotatable bonds is 5. The van der Waals surface area contributed by atoms with Gasteiger partial charge in [0.05, 0.1) is 12.2 Å². The summed E-state index contributed by atoms with van der Waals surface area (Å²) in [5.41, 5.74) is 2.64. The smallest absolute Gasteiger partial charge is 0.338 e. The molecule has 1 unspecified atom stereocenters. The van der Waals surface area contributed by atoms with Crippen molar-refractivity contribution in [3.8, 4) is 0 Å². The summed E-state index contributed by atoms with van der Waals surface area (Å²) in [4.78, 5) is 11.7. The molecule has 0 radical (unpaired) electrons. The molecule has 2 rings (SSSR count). The van der Waals surface area contributed by atoms with Crippen LogP contribution in [0.1, 0.15) is 35.8 Å². The summed E-state index contributed by atoms with van der Waals surface area (Å²) in [7, 11) is 0. The Morgan fingerprint density at radius 3 is 2.55 bits per heavy atom. The normalized spacial score (nSPS) is 11.2. The van der Waals surface area contributed by atoms with Crippen LogP contribution in [0.25, 0.3) is 0 Å². The van der Waals surface area contributed by atoms with E-state index in [1.165, 1.54) is 5.56 Å². The van der Waals surface area contributed by atoms with Crippen molar-refractivity contribution in [2.45, 2.75) is 19.9 Å². The molecule has 0 aromatic heterocycles. The number of halogens is 2. The highest BCUT2D eigenvalue weighted by atomic mass is 79.9. The SMILES string of the molecule is CCOC(=O)c1cccc(NC(C)c2ccc(Br)cc2)c1.Cl. The van der Waals surface area contributed by atoms with Crippen LogP contribution < -0.4 is 5.32 Å². The van der Waals surface area contributed by atoms with E-state index in [1.807, 2.05) is 30.3 Å². The summed E-state index contributed by atoms with van der Waals surface area (Å²) in [6.45, 7) is 4.27. The molecule has 0 heterocycles. The number of esters is 1. The second-order valence-electron chi connectivity index (χ2n) is 4.72. The third kappa shape index (κ3) is 5.04. The van der Waals surface area contributed by atoms with Crippen LogP contribution >= 0.6 is 28.3 Å². The zero-order chi connectivity index (χ0) is 15.2. The highest BCUT2D eigenvalue weighted by Crippen LogP contribution is 2.22. The standard InChI is InChI=1S/C17H18BrNO2.ClH/c1-3-21-17(20)14-5-4-6-16(11-14)19-12(2)13-7-9-15(18)10-8-13;/h4-12,19H,3H2,1-2H3;1H. The molecular formula is C17H19BrClNO2. The Bertz CT molecular complexity index is 616. The van der Waals surface area contributed by atoms with Gasteiger partial charge in [-0.15, -0.1) is 12.4 Å². The fourth-order valence-corrected chi connectivity index (χ4v) is 2.30. The number of nitrogens with one attached hydrogen (secondary N) is 1. The number of carbonyl (C=O) groups excluding carboxylic acids is 1. The summed E-state index contributed by atoms with van der Waals surface area (Å²) in [6, 6.07) is 15.7. The predicted octanol–water partition coefficient (Wildman–Crippen LogP) is 5.22. The van der Waals surface area contributed by atoms with E-state index in [0.29, 0.717) is 12.2 Å². The van der Waals surface area contributed by atoms with Crippen LogP contribution in [0, 0.1) is 0 Å². The first-order valence-electron chi connectivity index (χ1n) is 6.89. The summed E-state index contributed by atoms with van der Waals surface area (Å²) in [5, 5.41) is 3.39. The van der Waals surface area contributed by atoms with Gasteiger partial charge in [0, 0.05) is 16.2 Å². The monoisotopic (exact) mass is 383 g/mol. The summed E-state index contributed by atoms with van der Waals surface area (Å²) in [5.74, 6) is -0.294. The van der Waals surface area contributed by atoms with Gasteiger partial charge in [-0.2, -0.15) is 0 Å². The fraction of sp³-hybridized carbons (Fsp3) is 0.235. The van der Waals surface area contributed by atoms with E-state index in [1.54, 1.807) is 13.0 Å². The number of hydrogen-bond donors (Lipinski definition) is 1. The van der Waals surface area contributed by atoms with Gasteiger partial charge in [-0.1, -0.05) is 34.1 Å². The highest BCUT2D eigenvalue weighted by Gasteiger charge is 2.09. The molecule has 2 aromatic rings. The summed E-state index contributed by atoms with van der Waals surface area (Å²) in [6.07, 6.45) is 0. The zero-order valence-corrected chi connectivity index (χ0v) is 14.9. The maximum atomic E-state index is 11.7. The largest absolute Gasteiger partial charge is 0.462 e. The maximum absolute atomic E-state index is 11.7. The first kappa shape index (κ1) is 18.5. The molecule has 2 aromatic carbocycles. The summed E-state index contributed by atoms with van der Waals surface area (Å²) < 4.78 is 6.07. The summed E-state index contributed by atoms with van der Waals surface area (Å²) >= 11 is 3.43. The molecule has 0 saturated carbocycles. The molecule has 0 aliphatic rings. The van der Waals surface area contributed by atoms with E-state index in [0.717, 1.165) is 10.2 Å². The quantitative estimate of drug-likeness (QED) is 0.718. The average Bonchev–Trinajstić information content (AvgIpc) is 2.48. The van der Waals surface area contributed by atoms with Crippen molar-refractivity contribution in [3.05, 3.63) is 64.1 Å². The second kappa shape index (κ2) is 8.81. The third-order valence-electron chi connectivity index (χ3n) is 3.13. The van der Waals surface area contributed by atoms with Crippen LogP contribution in [0.2, 0.25) is 0 Å². The van der Waals surface area contributed by atoms with Gasteiger partial charge in [0.25, 0.3) is 0 Å². The number of benzene rings is 2. The minimum absolute atomic E-state index is 0. The number of carbonyl (C=O) groups is 1. The van der Waals surface area contributed by atoms with Gasteiger partial charge in [-0.25, -0.2) is 4.79 Å². The van der Waals surface area contributed by atoms with Gasteiger partial charge in [0.1, 0.15) is 0 Å². The zero-order valence-electron chi connectivity index (χ0n) is 12.5. The molecule has 22 heavy (non-hydrogen) atoms. The maximum Gasteiger partial charge on any atom is 0.338 e. The number of ether oxygens (including phenoxy) is 1. The molecule has 0 saturated heterocycles. The minimum atomic E-state index is -0.294. The van der Waals surface area contributed by atoms with E-state index in [4.69, 9.17) is 4.74 Å². The van der Waals surface area contributed by atoms with Crippen molar-refractivity contribution in [1.29, 1.82) is 0 Å². The van der Waals surface area contributed by atoms with Crippen molar-refractivity contribution < 1.29 is 9.53 Å². The Morgan fingerprint density at radius 2 is 1.91 bits per heavy atom. The van der Waals surface area contributed by atoms with Crippen molar-refractivity contribution in [1.82, 2.24) is 0 Å². The van der Waals surface area contributed by atoms with Crippen molar-refractivity contribution in [3.63, 3.8) is 0 Å². The van der Waals surface area contributed by atoms with Gasteiger partial charge in [0.15, 0.2) is 0 Å². The Hall–Kier alpha value is -1.52. The Balaban J connectivity index is 0.00000242. The van der Waals surface area contributed by atoms with E-state index < -0.39 is 0 Å². The molecule has 3 nitrogen and oxygen atoms in total. The third-order valence-corrected chi connectivity index (χ3v) is 3.66. The highest BCUT2D eigenvalue weighted by molar-refractivity contribution is 9.10. The first-order chi connectivity index (χ1) is 10.1. The topological polar surface area (TPSA) is 38.3 Å². The average molecular weight is 385 g/mol. The van der Waals surface area contributed by atoms with Gasteiger partial charge < -0.3 is 10.1 Å². The lowest BCUT2D eigenvalue weighted by Gasteiger charge is -2.16. The van der Waals surface area contributed by atoms with Crippen molar-refractivity contribution >= 4 is 40.0 Å². The molecule has 118 valence electrons. The Morgan fingerprint density at radius 1 is 1.23 bits per heavy atom. The lowest BCUT2D eigenvalue weighted by Crippen LogP contribution is -2.08. The van der Waals surface area contributed by atoms with Crippen LogP contribution in [0.4, 0.5) is 5.69 Å². The molecular weight excluding hydrogens is 366 g/mol. The molecule has 0 bridgehead atoms. The number of hydrogen-bond acceptors (Lipinski definition) is 3. The van der Waals surface area contributed by atoms with E-state index in [9.17, 15) is 4.79 Å². The first-order valence-corrected chi connectivity index (χ1v) is 7.68. The van der Waals surface area contributed by atoms with Crippen LogP contribution in [-0.4, -0.2) is 12.6 Å². The van der Waals surface area contributed by atoms with Crippen molar-refractivity contribution in [2.75, 3.05) is 11.9 Å². The van der Waals surface area contributed by atoms with E-state index >= 15 is 0 Å². The lowest BCUT2D eigenvalue weighted by molar-refractivity contribution is 0.0526. The minimum Gasteiger partial charge on any atom is -0.462 e. The molecule has 1 N–H and O–H groups in total. The predicted molar refractivity (Wildman–Crippen MR) is 95.8 cm³/mol. The van der Waals surface area contributed by atoms with Gasteiger partial charge in [0.2, 0.25) is 0 Å². The molecule has 0 aliphatic heterocycles. The Kier molecular flexibility index (Phi) is 7.42. The molecule has 0 fully saturated rings. The van der Waals surface area contributed by atoms with Crippen LogP contribution in [0.3, 0.4) is 0 Å². The van der Waals surface area contributed by atoms with E-state index in [-0.39, 0.29) is 24.4 Å². The molecule has 0 spiro atoms. The molecule has 0 aliphatic carbocycles. The molecule has 5 heteroatoms. The van der Waals surface area contributed by atoms with Crippen LogP contribution in [0.15, 0.2) is 53.0 Å². The van der Waals surface area contributed by atoms with Crippen LogP contribution in [-0.2, 0) is 4.74 Å². The fourth-order valence-electron chi connectivity index (χ4n) is 2.04. The van der Waals surface area contributed by atoms with E-state index in [2.05, 4.69) is 40.3 Å². The molecule has 0 amide bonds. The second-order valence-corrected chi connectivity index (χ2v) is 5.63. The Labute approximate surface area is 145 Å². The van der Waals surface area contributed by atoms with Gasteiger partial charge >= 0.3 is 5.97 Å². The number of anilines is 1. The molecule has 1 atom stereocenters.